The number of carbonyl (C=O) groups is 1. The van der Waals surface area contributed by atoms with Crippen molar-refractivity contribution in [3.63, 3.8) is 0 Å². The van der Waals surface area contributed by atoms with E-state index in [-0.39, 0.29) is 22.9 Å². The van der Waals surface area contributed by atoms with E-state index in [4.69, 9.17) is 0 Å². The number of benzene rings is 2. The van der Waals surface area contributed by atoms with Crippen LogP contribution in [0.15, 0.2) is 85.3 Å². The summed E-state index contributed by atoms with van der Waals surface area (Å²) in [5, 5.41) is 6.89. The lowest BCUT2D eigenvalue weighted by Gasteiger charge is -2.15. The van der Waals surface area contributed by atoms with Gasteiger partial charge >= 0.3 is 0 Å². The number of nitrogens with one attached hydrogen (secondary N) is 1. The smallest absolute Gasteiger partial charge is 0.280 e. The van der Waals surface area contributed by atoms with Gasteiger partial charge in [0.2, 0.25) is 0 Å². The van der Waals surface area contributed by atoms with Crippen molar-refractivity contribution in [2.75, 3.05) is 0 Å². The molecule has 0 fully saturated rings. The third kappa shape index (κ3) is 4.40. The Hall–Kier alpha value is -4.40. The fourth-order valence-electron chi connectivity index (χ4n) is 3.89. The molecular weight excluding hydrogens is 455 g/mol. The third-order valence-corrected chi connectivity index (χ3v) is 5.73. The van der Waals surface area contributed by atoms with Crippen LogP contribution in [0.4, 0.5) is 13.2 Å². The monoisotopic (exact) mass is 475 g/mol. The van der Waals surface area contributed by atoms with Gasteiger partial charge in [-0.3, -0.25) is 4.79 Å². The number of carbonyl (C=O) groups excluding carboxylic acids is 1. The highest BCUT2D eigenvalue weighted by atomic mass is 19.3. The molecule has 0 aliphatic rings. The molecule has 5 rings (SSSR count). The number of hydrogen-bond donors (Lipinski definition) is 1. The largest absolute Gasteiger partial charge is 0.345 e. The molecule has 3 aromatic heterocycles. The van der Waals surface area contributed by atoms with E-state index in [0.717, 1.165) is 15.8 Å². The predicted molar refractivity (Wildman–Crippen MR) is 125 cm³/mol. The molecule has 1 amide bonds. The summed E-state index contributed by atoms with van der Waals surface area (Å²) in [6.45, 7) is 1.83. The molecule has 1 atom stereocenters. The van der Waals surface area contributed by atoms with E-state index in [1.807, 2.05) is 60.3 Å². The number of amides is 1. The number of halogens is 3. The Balaban J connectivity index is 1.48. The molecule has 0 spiro atoms. The molecular formula is C26H20F3N5O. The molecule has 3 heterocycles. The van der Waals surface area contributed by atoms with E-state index < -0.39 is 23.8 Å². The second-order valence-corrected chi connectivity index (χ2v) is 8.05. The summed E-state index contributed by atoms with van der Waals surface area (Å²) >= 11 is 0. The summed E-state index contributed by atoms with van der Waals surface area (Å²) in [7, 11) is 0. The summed E-state index contributed by atoms with van der Waals surface area (Å²) in [5.41, 5.74) is 2.08. The minimum atomic E-state index is -2.86. The van der Waals surface area contributed by atoms with E-state index >= 15 is 0 Å². The zero-order valence-electron chi connectivity index (χ0n) is 18.6. The Labute approximate surface area is 198 Å². The van der Waals surface area contributed by atoms with Gasteiger partial charge in [0.05, 0.1) is 17.9 Å². The second-order valence-electron chi connectivity index (χ2n) is 8.05. The minimum Gasteiger partial charge on any atom is -0.345 e. The van der Waals surface area contributed by atoms with Crippen molar-refractivity contribution < 1.29 is 18.0 Å². The highest BCUT2D eigenvalue weighted by Crippen LogP contribution is 2.27. The maximum Gasteiger partial charge on any atom is 0.280 e. The van der Waals surface area contributed by atoms with E-state index in [1.54, 1.807) is 0 Å². The Morgan fingerprint density at radius 1 is 1.00 bits per heavy atom. The van der Waals surface area contributed by atoms with Gasteiger partial charge < -0.3 is 9.88 Å². The molecule has 5 aromatic rings. The molecule has 1 N–H and O–H groups in total. The summed E-state index contributed by atoms with van der Waals surface area (Å²) in [5.74, 6) is -0.953. The topological polar surface area (TPSA) is 64.2 Å². The molecule has 0 bridgehead atoms. The van der Waals surface area contributed by atoms with Crippen LogP contribution in [0.1, 0.15) is 41.0 Å². The third-order valence-electron chi connectivity index (χ3n) is 5.73. The first-order valence-electron chi connectivity index (χ1n) is 10.9. The lowest BCUT2D eigenvalue weighted by atomic mass is 10.1. The molecule has 0 aliphatic heterocycles. The number of nitrogens with zero attached hydrogens (tertiary/aromatic N) is 4. The van der Waals surface area contributed by atoms with E-state index in [0.29, 0.717) is 5.56 Å². The van der Waals surface area contributed by atoms with Crippen LogP contribution >= 0.6 is 0 Å². The lowest BCUT2D eigenvalue weighted by molar-refractivity contribution is 0.0941. The summed E-state index contributed by atoms with van der Waals surface area (Å²) < 4.78 is 43.9. The van der Waals surface area contributed by atoms with Gasteiger partial charge in [0.25, 0.3) is 12.3 Å². The highest BCUT2D eigenvalue weighted by Gasteiger charge is 2.22. The van der Waals surface area contributed by atoms with Crippen molar-refractivity contribution >= 4 is 11.6 Å². The van der Waals surface area contributed by atoms with Crippen LogP contribution in [-0.2, 0) is 0 Å². The molecule has 0 aliphatic carbocycles. The van der Waals surface area contributed by atoms with Gasteiger partial charge in [0.1, 0.15) is 17.1 Å². The van der Waals surface area contributed by atoms with Crippen LogP contribution in [0.5, 0.6) is 0 Å². The van der Waals surface area contributed by atoms with Crippen molar-refractivity contribution in [1.29, 1.82) is 0 Å². The van der Waals surface area contributed by atoms with Crippen LogP contribution in [0.2, 0.25) is 0 Å². The van der Waals surface area contributed by atoms with Crippen LogP contribution < -0.4 is 5.32 Å². The zero-order chi connectivity index (χ0) is 24.5. The molecule has 9 heteroatoms. The molecule has 0 saturated carbocycles. The quantitative estimate of drug-likeness (QED) is 0.340. The summed E-state index contributed by atoms with van der Waals surface area (Å²) in [6, 6.07) is 17.7. The van der Waals surface area contributed by atoms with E-state index in [9.17, 15) is 18.0 Å². The number of alkyl halides is 2. The maximum atomic E-state index is 13.8. The predicted octanol–water partition coefficient (Wildman–Crippen LogP) is 5.75. The second kappa shape index (κ2) is 9.09. The maximum absolute atomic E-state index is 13.8. The van der Waals surface area contributed by atoms with Crippen LogP contribution in [0.25, 0.3) is 22.6 Å². The lowest BCUT2D eigenvalue weighted by Crippen LogP contribution is -2.26. The highest BCUT2D eigenvalue weighted by molar-refractivity contribution is 6.00. The first-order chi connectivity index (χ1) is 16.9. The number of rotatable bonds is 6. The van der Waals surface area contributed by atoms with Crippen LogP contribution in [-0.4, -0.2) is 25.1 Å². The van der Waals surface area contributed by atoms with Gasteiger partial charge in [0, 0.05) is 23.6 Å². The normalized spacial score (nSPS) is 12.3. The Kier molecular flexibility index (Phi) is 5.82. The Morgan fingerprint density at radius 2 is 1.74 bits per heavy atom. The SMILES string of the molecule is CC(NC(=O)c1cnn2c(C(F)F)cc(-c3ccc(F)cc3)nc12)c1cccc(-n2cccc2)c1. The van der Waals surface area contributed by atoms with Crippen LogP contribution in [0.3, 0.4) is 0 Å². The minimum absolute atomic E-state index is 0.00656. The van der Waals surface area contributed by atoms with Crippen molar-refractivity contribution in [1.82, 2.24) is 24.5 Å². The number of fused-ring (bicyclic) bond motifs is 1. The first-order valence-corrected chi connectivity index (χ1v) is 10.9. The van der Waals surface area contributed by atoms with Gasteiger partial charge in [-0.05, 0) is 67.1 Å². The zero-order valence-corrected chi connectivity index (χ0v) is 18.6. The summed E-state index contributed by atoms with van der Waals surface area (Å²) in [4.78, 5) is 17.6. The molecule has 0 radical (unpaired) electrons. The average Bonchev–Trinajstić information content (AvgIpc) is 3.54. The van der Waals surface area contributed by atoms with Gasteiger partial charge in [-0.1, -0.05) is 12.1 Å². The molecule has 176 valence electrons. The average molecular weight is 475 g/mol. The van der Waals surface area contributed by atoms with Crippen molar-refractivity contribution in [3.05, 3.63) is 108 Å². The molecule has 1 unspecified atom stereocenters. The number of hydrogen-bond acceptors (Lipinski definition) is 3. The first kappa shape index (κ1) is 22.4. The Bertz CT molecular complexity index is 1490. The molecule has 0 saturated heterocycles. The van der Waals surface area contributed by atoms with E-state index in [1.165, 1.54) is 36.5 Å². The fourth-order valence-corrected chi connectivity index (χ4v) is 3.89. The fraction of sp³-hybridized carbons (Fsp3) is 0.115. The Morgan fingerprint density at radius 3 is 2.46 bits per heavy atom. The van der Waals surface area contributed by atoms with Gasteiger partial charge in [-0.2, -0.15) is 5.10 Å². The van der Waals surface area contributed by atoms with Crippen molar-refractivity contribution in [3.8, 4) is 16.9 Å². The van der Waals surface area contributed by atoms with Crippen molar-refractivity contribution in [2.24, 2.45) is 0 Å². The van der Waals surface area contributed by atoms with Crippen LogP contribution in [0, 0.1) is 5.82 Å². The standard InChI is InChI=1S/C26H20F3N5O/c1-16(18-5-4-6-20(13-18)33-11-2-3-12-33)31-26(35)21-15-30-34-23(24(28)29)14-22(32-25(21)34)17-7-9-19(27)10-8-17/h2-16,24H,1H3,(H,31,35). The van der Waals surface area contributed by atoms with Gasteiger partial charge in [0.15, 0.2) is 5.65 Å². The molecule has 6 nitrogen and oxygen atoms in total. The summed E-state index contributed by atoms with van der Waals surface area (Å²) in [6.07, 6.45) is 2.21. The van der Waals surface area contributed by atoms with Gasteiger partial charge in [-0.25, -0.2) is 22.7 Å². The van der Waals surface area contributed by atoms with Crippen molar-refractivity contribution in [2.45, 2.75) is 19.4 Å². The number of aromatic nitrogens is 4. The van der Waals surface area contributed by atoms with Gasteiger partial charge in [-0.15, -0.1) is 0 Å². The molecule has 2 aromatic carbocycles. The van der Waals surface area contributed by atoms with E-state index in [2.05, 4.69) is 15.4 Å². The molecule has 35 heavy (non-hydrogen) atoms.